The lowest BCUT2D eigenvalue weighted by atomic mass is 9.86. The van der Waals surface area contributed by atoms with E-state index >= 15 is 0 Å². The van der Waals surface area contributed by atoms with Crippen LogP contribution in [-0.4, -0.2) is 22.9 Å². The SMILES string of the molecule is C=C/C=C(C=C)/C(=N/C(=N)/C(C)=C/C=C\C)/N=C/c1c(C)c(/C=C\C)c(-c2cc(-c3ccccc3C=C)c(/C=C\c3ccccc3)cn2)c2ccccc12. The van der Waals surface area contributed by atoms with Crippen molar-refractivity contribution in [2.75, 3.05) is 0 Å². The predicted molar refractivity (Wildman–Crippen MR) is 237 cm³/mol. The Morgan fingerprint density at radius 2 is 1.48 bits per heavy atom. The Kier molecular flexibility index (Phi) is 13.3. The molecule has 1 heterocycles. The molecule has 1 N–H and O–H groups in total. The predicted octanol–water partition coefficient (Wildman–Crippen LogP) is 13.3. The molecule has 54 heavy (non-hydrogen) atoms. The number of pyridine rings is 1. The van der Waals surface area contributed by atoms with Gasteiger partial charge in [-0.15, -0.1) is 0 Å². The highest BCUT2D eigenvalue weighted by molar-refractivity contribution is 6.17. The van der Waals surface area contributed by atoms with Crippen LogP contribution in [0.4, 0.5) is 0 Å². The van der Waals surface area contributed by atoms with E-state index in [1.54, 1.807) is 18.2 Å². The highest BCUT2D eigenvalue weighted by Crippen LogP contribution is 2.40. The van der Waals surface area contributed by atoms with Gasteiger partial charge in [-0.25, -0.2) is 9.98 Å². The largest absolute Gasteiger partial charge is 0.283 e. The second kappa shape index (κ2) is 18.6. The second-order valence-electron chi connectivity index (χ2n) is 12.5. The molecule has 0 aliphatic rings. The van der Waals surface area contributed by atoms with Gasteiger partial charge in [-0.2, -0.15) is 0 Å². The standard InChI is InChI=1S/C50H46N4/c1-8-13-23-35(6)49(51)54-50(39(12-5)21-9-2)53-34-46-36(7)41(22-10-3)48(44-29-20-19-28-43(44)46)47-32-45(42-27-18-17-26-38(42)11-4)40(33-52-47)31-30-37-24-15-14-16-25-37/h8-34,51H,2,4-5H2,1,3,6-7H3/b13-8-,22-10-,31-30-,35-23+,39-21+,51-49?,53-34+,54-50-. The quantitative estimate of drug-likeness (QED) is 0.0785. The molecule has 0 aliphatic heterocycles. The van der Waals surface area contributed by atoms with Crippen LogP contribution in [-0.2, 0) is 0 Å². The molecule has 0 atom stereocenters. The molecule has 266 valence electrons. The first-order chi connectivity index (χ1) is 26.3. The van der Waals surface area contributed by atoms with Crippen LogP contribution in [0, 0.1) is 12.3 Å². The van der Waals surface area contributed by atoms with Crippen molar-refractivity contribution >= 4 is 53.0 Å². The molecule has 0 saturated heterocycles. The van der Waals surface area contributed by atoms with Crippen LogP contribution in [0.5, 0.6) is 0 Å². The lowest BCUT2D eigenvalue weighted by Crippen LogP contribution is -2.06. The summed E-state index contributed by atoms with van der Waals surface area (Å²) in [6.07, 6.45) is 25.0. The normalized spacial score (nSPS) is 12.8. The summed E-state index contributed by atoms with van der Waals surface area (Å²) in [5.74, 6) is 0.486. The smallest absolute Gasteiger partial charge is 0.161 e. The van der Waals surface area contributed by atoms with E-state index in [2.05, 4.69) is 111 Å². The Hall–Kier alpha value is -6.78. The number of nitrogens with zero attached hydrogens (tertiary/aromatic N) is 3. The van der Waals surface area contributed by atoms with Gasteiger partial charge < -0.3 is 0 Å². The minimum absolute atomic E-state index is 0.116. The van der Waals surface area contributed by atoms with E-state index in [0.29, 0.717) is 17.0 Å². The van der Waals surface area contributed by atoms with Crippen LogP contribution in [0.15, 0.2) is 175 Å². The Labute approximate surface area is 320 Å². The number of benzene rings is 4. The van der Waals surface area contributed by atoms with E-state index in [0.717, 1.165) is 66.5 Å². The summed E-state index contributed by atoms with van der Waals surface area (Å²) in [6.45, 7) is 19.9. The van der Waals surface area contributed by atoms with Crippen molar-refractivity contribution in [3.8, 4) is 22.4 Å². The van der Waals surface area contributed by atoms with Gasteiger partial charge in [-0.3, -0.25) is 10.4 Å². The van der Waals surface area contributed by atoms with Gasteiger partial charge in [0.05, 0.1) is 5.69 Å². The highest BCUT2D eigenvalue weighted by atomic mass is 14.9. The molecule has 5 rings (SSSR count). The first-order valence-electron chi connectivity index (χ1n) is 17.9. The molecule has 0 fully saturated rings. The van der Waals surface area contributed by atoms with Crippen molar-refractivity contribution in [2.45, 2.75) is 27.7 Å². The van der Waals surface area contributed by atoms with E-state index in [9.17, 15) is 0 Å². The molecule has 0 radical (unpaired) electrons. The molecular formula is C50H46N4. The van der Waals surface area contributed by atoms with E-state index in [-0.39, 0.29) is 5.84 Å². The molecular weight excluding hydrogens is 657 g/mol. The van der Waals surface area contributed by atoms with Crippen molar-refractivity contribution in [1.29, 1.82) is 5.41 Å². The fourth-order valence-electron chi connectivity index (χ4n) is 6.24. The number of aliphatic imine (C=N–C) groups is 2. The number of aromatic nitrogens is 1. The zero-order valence-electron chi connectivity index (χ0n) is 31.6. The van der Waals surface area contributed by atoms with Crippen LogP contribution in [0.3, 0.4) is 0 Å². The molecule has 0 saturated carbocycles. The number of nitrogens with one attached hydrogen (secondary N) is 1. The second-order valence-corrected chi connectivity index (χ2v) is 12.5. The first kappa shape index (κ1) is 38.5. The molecule has 4 heteroatoms. The van der Waals surface area contributed by atoms with Gasteiger partial charge in [0.15, 0.2) is 5.84 Å². The third kappa shape index (κ3) is 8.80. The van der Waals surface area contributed by atoms with Crippen LogP contribution in [0.25, 0.3) is 57.5 Å². The fourth-order valence-corrected chi connectivity index (χ4v) is 6.24. The Balaban J connectivity index is 1.76. The topological polar surface area (TPSA) is 61.5 Å². The molecule has 4 aromatic carbocycles. The van der Waals surface area contributed by atoms with Crippen LogP contribution >= 0.6 is 0 Å². The molecule has 5 aromatic rings. The molecule has 1 aromatic heterocycles. The molecule has 0 spiro atoms. The zero-order valence-corrected chi connectivity index (χ0v) is 31.6. The summed E-state index contributed by atoms with van der Waals surface area (Å²) in [4.78, 5) is 14.7. The summed E-state index contributed by atoms with van der Waals surface area (Å²) in [5, 5.41) is 10.8. The van der Waals surface area contributed by atoms with Gasteiger partial charge in [0.25, 0.3) is 0 Å². The van der Waals surface area contributed by atoms with E-state index in [1.807, 2.05) is 87.8 Å². The third-order valence-corrected chi connectivity index (χ3v) is 9.04. The van der Waals surface area contributed by atoms with E-state index in [4.69, 9.17) is 15.4 Å². The minimum atomic E-state index is 0.116. The average Bonchev–Trinajstić information content (AvgIpc) is 3.21. The number of amidine groups is 2. The molecule has 0 aliphatic carbocycles. The van der Waals surface area contributed by atoms with Gasteiger partial charge in [-0.1, -0.05) is 165 Å². The van der Waals surface area contributed by atoms with Crippen molar-refractivity contribution < 1.29 is 0 Å². The minimum Gasteiger partial charge on any atom is -0.283 e. The zero-order chi connectivity index (χ0) is 38.5. The first-order valence-corrected chi connectivity index (χ1v) is 17.9. The molecule has 0 unspecified atom stereocenters. The van der Waals surface area contributed by atoms with E-state index < -0.39 is 0 Å². The van der Waals surface area contributed by atoms with Gasteiger partial charge in [0.2, 0.25) is 0 Å². The number of rotatable bonds is 12. The Morgan fingerprint density at radius 3 is 2.19 bits per heavy atom. The summed E-state index contributed by atoms with van der Waals surface area (Å²) in [7, 11) is 0. The summed E-state index contributed by atoms with van der Waals surface area (Å²) in [6, 6.07) is 29.2. The summed E-state index contributed by atoms with van der Waals surface area (Å²) in [5.41, 5.74) is 11.6. The number of hydrogen-bond acceptors (Lipinski definition) is 2. The number of fused-ring (bicyclic) bond motifs is 1. The fraction of sp³-hybridized carbons (Fsp3) is 0.0800. The monoisotopic (exact) mass is 702 g/mol. The van der Waals surface area contributed by atoms with Crippen LogP contribution in [0.2, 0.25) is 0 Å². The molecule has 0 amide bonds. The maximum absolute atomic E-state index is 8.69. The van der Waals surface area contributed by atoms with Gasteiger partial charge in [0, 0.05) is 34.7 Å². The average molecular weight is 703 g/mol. The molecule has 4 nitrogen and oxygen atoms in total. The van der Waals surface area contributed by atoms with Crippen molar-refractivity contribution in [3.05, 3.63) is 198 Å². The van der Waals surface area contributed by atoms with Crippen LogP contribution in [0.1, 0.15) is 54.2 Å². The maximum Gasteiger partial charge on any atom is 0.161 e. The lowest BCUT2D eigenvalue weighted by molar-refractivity contribution is 1.31. The lowest BCUT2D eigenvalue weighted by Gasteiger charge is -2.19. The number of allylic oxidation sites excluding steroid dienone is 6. The van der Waals surface area contributed by atoms with Crippen LogP contribution < -0.4 is 0 Å². The Morgan fingerprint density at radius 1 is 0.759 bits per heavy atom. The third-order valence-electron chi connectivity index (χ3n) is 9.04. The van der Waals surface area contributed by atoms with Crippen molar-refractivity contribution in [3.63, 3.8) is 0 Å². The summed E-state index contributed by atoms with van der Waals surface area (Å²) < 4.78 is 0. The maximum atomic E-state index is 8.69. The highest BCUT2D eigenvalue weighted by Gasteiger charge is 2.19. The Bertz CT molecular complexity index is 2430. The van der Waals surface area contributed by atoms with Crippen molar-refractivity contribution in [2.24, 2.45) is 9.98 Å². The summed E-state index contributed by atoms with van der Waals surface area (Å²) >= 11 is 0. The van der Waals surface area contributed by atoms with Gasteiger partial charge in [0.1, 0.15) is 5.84 Å². The molecule has 0 bridgehead atoms. The number of hydrogen-bond donors (Lipinski definition) is 1. The van der Waals surface area contributed by atoms with Gasteiger partial charge in [-0.05, 0) is 83.5 Å². The van der Waals surface area contributed by atoms with Crippen molar-refractivity contribution in [1.82, 2.24) is 4.98 Å². The van der Waals surface area contributed by atoms with E-state index in [1.165, 1.54) is 0 Å². The van der Waals surface area contributed by atoms with Gasteiger partial charge >= 0.3 is 0 Å².